The first-order valence-electron chi connectivity index (χ1n) is 17.2. The van der Waals surface area contributed by atoms with Gasteiger partial charge in [0.05, 0.1) is 4.90 Å². The predicted molar refractivity (Wildman–Crippen MR) is 173 cm³/mol. The van der Waals surface area contributed by atoms with Crippen LogP contribution in [0.25, 0.3) is 10.8 Å². The molecule has 0 saturated heterocycles. The van der Waals surface area contributed by atoms with Crippen LogP contribution in [-0.2, 0) is 20.2 Å². The van der Waals surface area contributed by atoms with Crippen molar-refractivity contribution in [3.8, 4) is 5.75 Å². The van der Waals surface area contributed by atoms with E-state index >= 15 is 0 Å². The normalized spacial score (nSPS) is 35.2. The summed E-state index contributed by atoms with van der Waals surface area (Å²) in [6.45, 7) is 0. The summed E-state index contributed by atoms with van der Waals surface area (Å²) in [7, 11) is -8.51. The van der Waals surface area contributed by atoms with Crippen LogP contribution in [0.5, 0.6) is 5.75 Å². The van der Waals surface area contributed by atoms with E-state index in [1.165, 1.54) is 81.9 Å². The maximum atomic E-state index is 14.7. The zero-order chi connectivity index (χ0) is 30.7. The fraction of sp³-hybridized carbons (Fsp3) is 0.568. The van der Waals surface area contributed by atoms with E-state index in [2.05, 4.69) is 12.1 Å². The summed E-state index contributed by atoms with van der Waals surface area (Å²) in [5.41, 5.74) is 3.48. The molecule has 9 rings (SSSR count). The van der Waals surface area contributed by atoms with Crippen LogP contribution in [0.3, 0.4) is 0 Å². The highest BCUT2D eigenvalue weighted by atomic mass is 32.2. The molecule has 45 heavy (non-hydrogen) atoms. The van der Waals surface area contributed by atoms with Gasteiger partial charge in [0.1, 0.15) is 10.6 Å². The molecule has 0 radical (unpaired) electrons. The van der Waals surface area contributed by atoms with Crippen molar-refractivity contribution in [3.05, 3.63) is 65.2 Å². The van der Waals surface area contributed by atoms with Crippen LogP contribution in [0.2, 0.25) is 0 Å². The van der Waals surface area contributed by atoms with Gasteiger partial charge >= 0.3 is 10.1 Å². The summed E-state index contributed by atoms with van der Waals surface area (Å²) in [6, 6.07) is 13.8. The zero-order valence-electron chi connectivity index (χ0n) is 25.6. The molecular weight excluding hydrogens is 605 g/mol. The molecule has 9 atom stereocenters. The van der Waals surface area contributed by atoms with Gasteiger partial charge in [0.2, 0.25) is 0 Å². The number of rotatable bonds is 7. The first kappa shape index (κ1) is 28.8. The Hall–Kier alpha value is -2.42. The summed E-state index contributed by atoms with van der Waals surface area (Å²) in [5.74, 6) is 5.34. The molecule has 238 valence electrons. The quantitative estimate of drug-likeness (QED) is 0.204. The second-order valence-corrected chi connectivity index (χ2v) is 18.5. The van der Waals surface area contributed by atoms with E-state index < -0.39 is 20.2 Å². The Morgan fingerprint density at radius 2 is 1.09 bits per heavy atom. The van der Waals surface area contributed by atoms with Gasteiger partial charge in [-0.3, -0.25) is 4.55 Å². The monoisotopic (exact) mass is 646 g/mol. The molecule has 6 bridgehead atoms. The molecule has 1 N–H and O–H groups in total. The molecule has 6 fully saturated rings. The van der Waals surface area contributed by atoms with Crippen LogP contribution in [0, 0.1) is 35.5 Å². The molecular formula is C37H42O6S2. The van der Waals surface area contributed by atoms with Crippen LogP contribution < -0.4 is 4.18 Å². The highest BCUT2D eigenvalue weighted by Crippen LogP contribution is 2.60. The Balaban J connectivity index is 1.17. The third-order valence-electron chi connectivity index (χ3n) is 13.1. The highest BCUT2D eigenvalue weighted by Gasteiger charge is 2.48. The van der Waals surface area contributed by atoms with Gasteiger partial charge in [-0.25, -0.2) is 0 Å². The van der Waals surface area contributed by atoms with Crippen molar-refractivity contribution in [2.24, 2.45) is 35.5 Å². The van der Waals surface area contributed by atoms with Gasteiger partial charge < -0.3 is 4.18 Å². The Labute approximate surface area is 266 Å². The minimum atomic E-state index is -4.34. The van der Waals surface area contributed by atoms with Crippen LogP contribution in [0.4, 0.5) is 0 Å². The molecule has 3 aromatic rings. The summed E-state index contributed by atoms with van der Waals surface area (Å²) in [6.07, 6.45) is 14.7. The lowest BCUT2D eigenvalue weighted by atomic mass is 9.75. The molecule has 6 nitrogen and oxygen atoms in total. The van der Waals surface area contributed by atoms with E-state index in [0.717, 1.165) is 35.8 Å². The van der Waals surface area contributed by atoms with Crippen molar-refractivity contribution >= 4 is 31.0 Å². The van der Waals surface area contributed by atoms with Gasteiger partial charge in [-0.1, -0.05) is 43.5 Å². The van der Waals surface area contributed by atoms with Crippen molar-refractivity contribution in [1.82, 2.24) is 0 Å². The lowest BCUT2D eigenvalue weighted by Gasteiger charge is -2.32. The van der Waals surface area contributed by atoms with Gasteiger partial charge in [-0.2, -0.15) is 16.8 Å². The summed E-state index contributed by atoms with van der Waals surface area (Å²) < 4.78 is 68.3. The van der Waals surface area contributed by atoms with Crippen molar-refractivity contribution in [1.29, 1.82) is 0 Å². The lowest BCUT2D eigenvalue weighted by Crippen LogP contribution is -2.23. The van der Waals surface area contributed by atoms with E-state index in [-0.39, 0.29) is 22.5 Å². The maximum absolute atomic E-state index is 14.7. The van der Waals surface area contributed by atoms with Crippen molar-refractivity contribution in [2.45, 2.75) is 105 Å². The van der Waals surface area contributed by atoms with E-state index in [1.54, 1.807) is 24.3 Å². The van der Waals surface area contributed by atoms with Crippen molar-refractivity contribution in [3.63, 3.8) is 0 Å². The maximum Gasteiger partial charge on any atom is 0.339 e. The molecule has 8 heteroatoms. The van der Waals surface area contributed by atoms with Crippen molar-refractivity contribution in [2.75, 3.05) is 0 Å². The van der Waals surface area contributed by atoms with Crippen LogP contribution in [0.15, 0.2) is 58.3 Å². The lowest BCUT2D eigenvalue weighted by molar-refractivity contribution is 0.392. The molecule has 6 aliphatic rings. The Morgan fingerprint density at radius 1 is 0.578 bits per heavy atom. The predicted octanol–water partition coefficient (Wildman–Crippen LogP) is 8.57. The third kappa shape index (κ3) is 4.88. The second kappa shape index (κ2) is 10.3. The number of benzene rings is 3. The molecule has 6 saturated carbocycles. The number of hydrogen-bond acceptors (Lipinski definition) is 5. The summed E-state index contributed by atoms with van der Waals surface area (Å²) >= 11 is 0. The average molecular weight is 647 g/mol. The van der Waals surface area contributed by atoms with Gasteiger partial charge in [0.15, 0.2) is 0 Å². The van der Waals surface area contributed by atoms with E-state index in [4.69, 9.17) is 4.18 Å². The fourth-order valence-electron chi connectivity index (χ4n) is 11.2. The molecule has 4 unspecified atom stereocenters. The van der Waals surface area contributed by atoms with E-state index in [9.17, 15) is 21.4 Å². The Bertz CT molecular complexity index is 1870. The molecule has 0 spiro atoms. The van der Waals surface area contributed by atoms with Crippen LogP contribution in [0.1, 0.15) is 111 Å². The Kier molecular flexibility index (Phi) is 6.58. The smallest absolute Gasteiger partial charge is 0.339 e. The van der Waals surface area contributed by atoms with Gasteiger partial charge in [0, 0.05) is 0 Å². The van der Waals surface area contributed by atoms with E-state index in [0.29, 0.717) is 45.3 Å². The Morgan fingerprint density at radius 3 is 1.58 bits per heavy atom. The number of hydrogen-bond donors (Lipinski definition) is 1. The summed E-state index contributed by atoms with van der Waals surface area (Å²) in [5, 5.41) is 1.22. The molecule has 0 amide bonds. The van der Waals surface area contributed by atoms with Crippen LogP contribution in [-0.4, -0.2) is 21.4 Å². The van der Waals surface area contributed by atoms with Crippen LogP contribution >= 0.6 is 0 Å². The SMILES string of the molecule is O=S(=O)(O)c1ccc2cc(OS(=O)(=O)c3c(C4CC5CCC4C5)cc([C@@H]4C[C@@H]5CC[C@H]4C5)cc3C3C[C@H]4CC[C@@H]3C4)ccc2c1. The van der Waals surface area contributed by atoms with Gasteiger partial charge in [-0.05, 0) is 163 Å². The fourth-order valence-corrected chi connectivity index (χ4v) is 13.2. The average Bonchev–Trinajstić information content (AvgIpc) is 3.87. The minimum Gasteiger partial charge on any atom is -0.379 e. The van der Waals surface area contributed by atoms with Gasteiger partial charge in [0.25, 0.3) is 10.1 Å². The first-order valence-corrected chi connectivity index (χ1v) is 20.1. The molecule has 0 aliphatic heterocycles. The first-order chi connectivity index (χ1) is 21.6. The standard InChI is InChI=1S/C37H42O6S2/c38-44(39,40)31-10-8-24-17-30(9-7-25(24)18-31)43-45(41,42)37-35(33-15-22-2-5-27(33)12-22)19-29(32-14-21-1-4-26(32)11-21)20-36(37)34-16-23-3-6-28(34)13-23/h7-10,17-23,26-28,32-34H,1-6,11-16H2,(H,38,39,40)/t21-,22+,23?,26+,27-,28?,32-,33?,34?/m1/s1. The van der Waals surface area contributed by atoms with Crippen molar-refractivity contribution < 1.29 is 25.6 Å². The largest absolute Gasteiger partial charge is 0.379 e. The third-order valence-corrected chi connectivity index (χ3v) is 15.4. The molecule has 6 aliphatic carbocycles. The minimum absolute atomic E-state index is 0.196. The molecule has 3 aromatic carbocycles. The summed E-state index contributed by atoms with van der Waals surface area (Å²) in [4.78, 5) is 0.268. The van der Waals surface area contributed by atoms with E-state index in [1.807, 2.05) is 0 Å². The number of fused-ring (bicyclic) bond motifs is 7. The topological polar surface area (TPSA) is 97.7 Å². The molecule has 0 heterocycles. The second-order valence-electron chi connectivity index (χ2n) is 15.6. The zero-order valence-corrected chi connectivity index (χ0v) is 27.2. The highest BCUT2D eigenvalue weighted by molar-refractivity contribution is 7.87. The molecule has 0 aromatic heterocycles. The van der Waals surface area contributed by atoms with Gasteiger partial charge in [-0.15, -0.1) is 0 Å².